The number of hydrogen-bond donors (Lipinski definition) is 0. The van der Waals surface area contributed by atoms with Gasteiger partial charge in [-0.15, -0.1) is 0 Å². The monoisotopic (exact) mass is 427 g/mol. The molecule has 0 aromatic heterocycles. The number of hydrogen-bond acceptors (Lipinski definition) is 6. The Morgan fingerprint density at radius 3 is 1.81 bits per heavy atom. The van der Waals surface area contributed by atoms with E-state index in [1.165, 1.54) is 24.3 Å². The van der Waals surface area contributed by atoms with Crippen LogP contribution in [0.2, 0.25) is 0 Å². The van der Waals surface area contributed by atoms with Gasteiger partial charge in [-0.25, -0.2) is 4.39 Å². The molecule has 8 nitrogen and oxygen atoms in total. The number of piperazine rings is 2. The fourth-order valence-electron chi connectivity index (χ4n) is 4.11. The number of amides is 1. The largest absolute Gasteiger partial charge is 0.369 e. The average molecular weight is 427 g/mol. The van der Waals surface area contributed by atoms with Gasteiger partial charge in [0.25, 0.3) is 5.69 Å². The van der Waals surface area contributed by atoms with E-state index in [0.29, 0.717) is 19.6 Å². The molecule has 0 saturated carbocycles. The van der Waals surface area contributed by atoms with Crippen molar-refractivity contribution in [3.05, 3.63) is 64.5 Å². The summed E-state index contributed by atoms with van der Waals surface area (Å²) in [5, 5.41) is 10.8. The van der Waals surface area contributed by atoms with Gasteiger partial charge in [-0.2, -0.15) is 0 Å². The lowest BCUT2D eigenvalue weighted by Gasteiger charge is -2.39. The van der Waals surface area contributed by atoms with Gasteiger partial charge < -0.3 is 14.7 Å². The molecular formula is C22H26FN5O3. The van der Waals surface area contributed by atoms with Gasteiger partial charge in [0, 0.05) is 75.9 Å². The van der Waals surface area contributed by atoms with Crippen molar-refractivity contribution in [3.8, 4) is 0 Å². The van der Waals surface area contributed by atoms with Gasteiger partial charge in [0.1, 0.15) is 5.82 Å². The highest BCUT2D eigenvalue weighted by Gasteiger charge is 2.25. The van der Waals surface area contributed by atoms with Crippen LogP contribution in [0.3, 0.4) is 0 Å². The average Bonchev–Trinajstić information content (AvgIpc) is 2.80. The quantitative estimate of drug-likeness (QED) is 0.538. The third kappa shape index (κ3) is 5.11. The van der Waals surface area contributed by atoms with Crippen LogP contribution in [-0.4, -0.2) is 79.5 Å². The molecule has 9 heteroatoms. The van der Waals surface area contributed by atoms with Crippen LogP contribution >= 0.6 is 0 Å². The molecule has 164 valence electrons. The molecule has 0 unspecified atom stereocenters. The number of carbonyl (C=O) groups is 1. The third-order valence-electron chi connectivity index (χ3n) is 5.98. The zero-order valence-corrected chi connectivity index (χ0v) is 17.3. The fraction of sp³-hybridized carbons (Fsp3) is 0.409. The normalized spacial score (nSPS) is 17.6. The summed E-state index contributed by atoms with van der Waals surface area (Å²) in [6.45, 7) is 6.34. The highest BCUT2D eigenvalue weighted by Crippen LogP contribution is 2.21. The Kier molecular flexibility index (Phi) is 6.31. The lowest BCUT2D eigenvalue weighted by Crippen LogP contribution is -2.54. The lowest BCUT2D eigenvalue weighted by molar-refractivity contribution is -0.384. The predicted octanol–water partition coefficient (Wildman–Crippen LogP) is 2.20. The molecule has 4 rings (SSSR count). The molecule has 2 saturated heterocycles. The van der Waals surface area contributed by atoms with Crippen molar-refractivity contribution >= 4 is 23.0 Å². The van der Waals surface area contributed by atoms with Crippen molar-refractivity contribution in [1.29, 1.82) is 0 Å². The minimum Gasteiger partial charge on any atom is -0.369 e. The Hall–Kier alpha value is -3.20. The summed E-state index contributed by atoms with van der Waals surface area (Å²) >= 11 is 0. The first-order valence-electron chi connectivity index (χ1n) is 10.5. The molecule has 2 fully saturated rings. The van der Waals surface area contributed by atoms with Crippen LogP contribution in [0.5, 0.6) is 0 Å². The van der Waals surface area contributed by atoms with Gasteiger partial charge >= 0.3 is 0 Å². The molecular weight excluding hydrogens is 401 g/mol. The van der Waals surface area contributed by atoms with Crippen LogP contribution in [-0.2, 0) is 4.79 Å². The predicted molar refractivity (Wildman–Crippen MR) is 117 cm³/mol. The Morgan fingerprint density at radius 2 is 1.29 bits per heavy atom. The van der Waals surface area contributed by atoms with E-state index >= 15 is 0 Å². The van der Waals surface area contributed by atoms with Crippen molar-refractivity contribution in [2.45, 2.75) is 0 Å². The molecule has 0 bridgehead atoms. The second kappa shape index (κ2) is 9.30. The zero-order valence-electron chi connectivity index (χ0n) is 17.3. The second-order valence-electron chi connectivity index (χ2n) is 7.88. The first-order valence-corrected chi connectivity index (χ1v) is 10.5. The standard InChI is InChI=1S/C22H26FN5O3/c23-18-1-3-19(4-2-18)26-13-15-27(16-14-26)22(29)17-24-9-11-25(12-10-24)20-5-7-21(8-6-20)28(30)31/h1-8H,9-17H2. The first kappa shape index (κ1) is 21.0. The number of anilines is 2. The molecule has 31 heavy (non-hydrogen) atoms. The van der Waals surface area contributed by atoms with E-state index in [9.17, 15) is 19.3 Å². The van der Waals surface area contributed by atoms with E-state index in [1.54, 1.807) is 24.3 Å². The Morgan fingerprint density at radius 1 is 0.806 bits per heavy atom. The molecule has 1 amide bonds. The number of nitro groups is 1. The molecule has 2 aliphatic heterocycles. The molecule has 0 N–H and O–H groups in total. The fourth-order valence-corrected chi connectivity index (χ4v) is 4.11. The zero-order chi connectivity index (χ0) is 21.8. The number of nitro benzene ring substituents is 1. The number of carbonyl (C=O) groups excluding carboxylic acids is 1. The molecule has 2 aromatic carbocycles. The van der Waals surface area contributed by atoms with Gasteiger partial charge in [0.2, 0.25) is 5.91 Å². The number of benzene rings is 2. The van der Waals surface area contributed by atoms with Crippen LogP contribution in [0.4, 0.5) is 21.5 Å². The number of halogens is 1. The summed E-state index contributed by atoms with van der Waals surface area (Å²) in [6, 6.07) is 13.1. The van der Waals surface area contributed by atoms with E-state index in [0.717, 1.165) is 50.6 Å². The van der Waals surface area contributed by atoms with Crippen LogP contribution in [0.25, 0.3) is 0 Å². The minimum absolute atomic E-state index is 0.0903. The molecule has 2 heterocycles. The summed E-state index contributed by atoms with van der Waals surface area (Å²) in [6.07, 6.45) is 0. The maximum absolute atomic E-state index is 13.1. The van der Waals surface area contributed by atoms with E-state index in [-0.39, 0.29) is 17.4 Å². The number of non-ortho nitro benzene ring substituents is 1. The summed E-state index contributed by atoms with van der Waals surface area (Å²) in [5.41, 5.74) is 2.04. The highest BCUT2D eigenvalue weighted by atomic mass is 19.1. The maximum atomic E-state index is 13.1. The summed E-state index contributed by atoms with van der Waals surface area (Å²) in [4.78, 5) is 31.6. The molecule has 0 spiro atoms. The Labute approximate surface area is 180 Å². The molecule has 0 atom stereocenters. The van der Waals surface area contributed by atoms with E-state index in [1.807, 2.05) is 4.90 Å². The van der Waals surface area contributed by atoms with Crippen LogP contribution in [0, 0.1) is 15.9 Å². The van der Waals surface area contributed by atoms with Crippen molar-refractivity contribution in [2.75, 3.05) is 68.7 Å². The second-order valence-corrected chi connectivity index (χ2v) is 7.88. The van der Waals surface area contributed by atoms with Gasteiger partial charge in [0.15, 0.2) is 0 Å². The molecule has 2 aliphatic rings. The van der Waals surface area contributed by atoms with Crippen LogP contribution < -0.4 is 9.80 Å². The van der Waals surface area contributed by atoms with Gasteiger partial charge in [-0.3, -0.25) is 19.8 Å². The highest BCUT2D eigenvalue weighted by molar-refractivity contribution is 5.78. The lowest BCUT2D eigenvalue weighted by atomic mass is 10.2. The number of rotatable bonds is 5. The summed E-state index contributed by atoms with van der Waals surface area (Å²) < 4.78 is 13.1. The molecule has 0 radical (unpaired) electrons. The maximum Gasteiger partial charge on any atom is 0.269 e. The van der Waals surface area contributed by atoms with Crippen LogP contribution in [0.1, 0.15) is 0 Å². The Balaban J connectivity index is 1.22. The smallest absolute Gasteiger partial charge is 0.269 e. The molecule has 2 aromatic rings. The van der Waals surface area contributed by atoms with Gasteiger partial charge in [-0.05, 0) is 36.4 Å². The SMILES string of the molecule is O=C(CN1CCN(c2ccc([N+](=O)[O-])cc2)CC1)N1CCN(c2ccc(F)cc2)CC1. The minimum atomic E-state index is -0.396. The summed E-state index contributed by atoms with van der Waals surface area (Å²) in [5.74, 6) is -0.103. The topological polar surface area (TPSA) is 73.2 Å². The Bertz CT molecular complexity index is 906. The number of nitrogens with zero attached hydrogens (tertiary/aromatic N) is 5. The summed E-state index contributed by atoms with van der Waals surface area (Å²) in [7, 11) is 0. The van der Waals surface area contributed by atoms with E-state index < -0.39 is 4.92 Å². The van der Waals surface area contributed by atoms with Crippen molar-refractivity contribution in [1.82, 2.24) is 9.80 Å². The van der Waals surface area contributed by atoms with Crippen LogP contribution in [0.15, 0.2) is 48.5 Å². The third-order valence-corrected chi connectivity index (χ3v) is 5.98. The van der Waals surface area contributed by atoms with Crippen molar-refractivity contribution < 1.29 is 14.1 Å². The first-order chi connectivity index (χ1) is 15.0. The van der Waals surface area contributed by atoms with E-state index in [2.05, 4.69) is 14.7 Å². The van der Waals surface area contributed by atoms with Gasteiger partial charge in [0.05, 0.1) is 11.5 Å². The molecule has 0 aliphatic carbocycles. The van der Waals surface area contributed by atoms with E-state index in [4.69, 9.17) is 0 Å². The van der Waals surface area contributed by atoms with Crippen molar-refractivity contribution in [2.24, 2.45) is 0 Å². The van der Waals surface area contributed by atoms with Crippen molar-refractivity contribution in [3.63, 3.8) is 0 Å². The van der Waals surface area contributed by atoms with Gasteiger partial charge in [-0.1, -0.05) is 0 Å².